The van der Waals surface area contributed by atoms with Crippen molar-refractivity contribution in [3.8, 4) is 0 Å². The van der Waals surface area contributed by atoms with Crippen LogP contribution in [0.2, 0.25) is 0 Å². The van der Waals surface area contributed by atoms with E-state index in [1.165, 1.54) is 0 Å². The number of aryl methyl sites for hydroxylation is 2. The van der Waals surface area contributed by atoms with Gasteiger partial charge >= 0.3 is 0 Å². The topological polar surface area (TPSA) is 67.4 Å². The Labute approximate surface area is 120 Å². The van der Waals surface area contributed by atoms with E-state index in [9.17, 15) is 4.79 Å². The minimum absolute atomic E-state index is 0.00173. The Bertz CT molecular complexity index is 486. The fourth-order valence-electron chi connectivity index (χ4n) is 2.62. The van der Waals surface area contributed by atoms with Gasteiger partial charge in [-0.05, 0) is 26.8 Å². The number of nitrogens with zero attached hydrogens (tertiary/aromatic N) is 4. The maximum absolute atomic E-state index is 12.5. The van der Waals surface area contributed by atoms with Crippen LogP contribution in [0.25, 0.3) is 0 Å². The molecule has 2 N–H and O–H groups in total. The molecule has 6 heteroatoms. The summed E-state index contributed by atoms with van der Waals surface area (Å²) in [6.45, 7) is 10.0. The normalized spacial score (nSPS) is 17.6. The van der Waals surface area contributed by atoms with Gasteiger partial charge in [-0.25, -0.2) is 0 Å². The van der Waals surface area contributed by atoms with E-state index in [4.69, 9.17) is 5.73 Å². The molecule has 0 unspecified atom stereocenters. The third-order valence-corrected chi connectivity index (χ3v) is 4.14. The highest BCUT2D eigenvalue weighted by molar-refractivity contribution is 5.92. The Balaban J connectivity index is 2.01. The summed E-state index contributed by atoms with van der Waals surface area (Å²) in [4.78, 5) is 16.7. The van der Waals surface area contributed by atoms with Gasteiger partial charge in [0.05, 0.1) is 5.69 Å². The first-order valence-corrected chi connectivity index (χ1v) is 7.10. The van der Waals surface area contributed by atoms with Crippen LogP contribution in [0.1, 0.15) is 30.0 Å². The molecule has 0 aliphatic carbocycles. The monoisotopic (exact) mass is 279 g/mol. The van der Waals surface area contributed by atoms with Crippen LogP contribution in [0.15, 0.2) is 6.07 Å². The van der Waals surface area contributed by atoms with Gasteiger partial charge in [-0.1, -0.05) is 0 Å². The average Bonchev–Trinajstić information content (AvgIpc) is 2.77. The standard InChI is InChI=1S/C14H25N5O/c1-11-9-12(17(4)16-11)13(20)18-5-7-19(8-6-18)14(2,3)10-15/h9H,5-8,10,15H2,1-4H3. The number of piperazine rings is 1. The predicted molar refractivity (Wildman–Crippen MR) is 78.6 cm³/mol. The van der Waals surface area contributed by atoms with Crippen molar-refractivity contribution >= 4 is 5.91 Å². The van der Waals surface area contributed by atoms with Gasteiger partial charge in [0.15, 0.2) is 0 Å². The van der Waals surface area contributed by atoms with Gasteiger partial charge in [-0.2, -0.15) is 5.10 Å². The van der Waals surface area contributed by atoms with Gasteiger partial charge in [0.1, 0.15) is 5.69 Å². The molecule has 6 nitrogen and oxygen atoms in total. The quantitative estimate of drug-likeness (QED) is 0.860. The molecule has 0 spiro atoms. The average molecular weight is 279 g/mol. The van der Waals surface area contributed by atoms with Crippen LogP contribution in [-0.4, -0.2) is 63.8 Å². The molecule has 1 aromatic heterocycles. The molecule has 2 heterocycles. The van der Waals surface area contributed by atoms with Crippen LogP contribution in [0.3, 0.4) is 0 Å². The van der Waals surface area contributed by atoms with E-state index in [0.717, 1.165) is 31.9 Å². The number of hydrogen-bond acceptors (Lipinski definition) is 4. The number of amides is 1. The van der Waals surface area contributed by atoms with Gasteiger partial charge in [-0.3, -0.25) is 14.4 Å². The van der Waals surface area contributed by atoms with Crippen LogP contribution in [0.4, 0.5) is 0 Å². The van der Waals surface area contributed by atoms with E-state index in [1.54, 1.807) is 4.68 Å². The predicted octanol–water partition coefficient (Wildman–Crippen LogP) is 0.224. The lowest BCUT2D eigenvalue weighted by Crippen LogP contribution is -2.58. The molecule has 0 atom stereocenters. The highest BCUT2D eigenvalue weighted by atomic mass is 16.2. The number of aromatic nitrogens is 2. The number of carbonyl (C=O) groups is 1. The largest absolute Gasteiger partial charge is 0.335 e. The van der Waals surface area contributed by atoms with E-state index in [2.05, 4.69) is 23.8 Å². The fraction of sp³-hybridized carbons (Fsp3) is 0.714. The number of nitrogens with two attached hydrogens (primary N) is 1. The molecule has 0 bridgehead atoms. The van der Waals surface area contributed by atoms with Crippen molar-refractivity contribution in [2.24, 2.45) is 12.8 Å². The molecule has 20 heavy (non-hydrogen) atoms. The van der Waals surface area contributed by atoms with E-state index in [1.807, 2.05) is 24.9 Å². The molecular weight excluding hydrogens is 254 g/mol. The molecule has 2 rings (SSSR count). The van der Waals surface area contributed by atoms with Crippen LogP contribution in [-0.2, 0) is 7.05 Å². The molecular formula is C14H25N5O. The van der Waals surface area contributed by atoms with Gasteiger partial charge in [0, 0.05) is 45.3 Å². The van der Waals surface area contributed by atoms with E-state index in [-0.39, 0.29) is 11.4 Å². The third-order valence-electron chi connectivity index (χ3n) is 4.14. The lowest BCUT2D eigenvalue weighted by molar-refractivity contribution is 0.0418. The maximum atomic E-state index is 12.5. The van der Waals surface area contributed by atoms with Crippen LogP contribution in [0.5, 0.6) is 0 Å². The van der Waals surface area contributed by atoms with E-state index < -0.39 is 0 Å². The zero-order valence-corrected chi connectivity index (χ0v) is 12.9. The fourth-order valence-corrected chi connectivity index (χ4v) is 2.62. The first kappa shape index (κ1) is 15.0. The Morgan fingerprint density at radius 2 is 1.95 bits per heavy atom. The van der Waals surface area contributed by atoms with Gasteiger partial charge in [0.2, 0.25) is 0 Å². The molecule has 0 aromatic carbocycles. The summed E-state index contributed by atoms with van der Waals surface area (Å²) in [5.41, 5.74) is 7.34. The second-order valence-corrected chi connectivity index (χ2v) is 6.09. The van der Waals surface area contributed by atoms with Crippen molar-refractivity contribution < 1.29 is 4.79 Å². The SMILES string of the molecule is Cc1cc(C(=O)N2CCN(C(C)(C)CN)CC2)n(C)n1. The van der Waals surface area contributed by atoms with Gasteiger partial charge < -0.3 is 10.6 Å². The second kappa shape index (κ2) is 5.54. The van der Waals surface area contributed by atoms with Crippen LogP contribution in [0, 0.1) is 6.92 Å². The summed E-state index contributed by atoms with van der Waals surface area (Å²) < 4.78 is 1.66. The molecule has 1 aliphatic heterocycles. The highest BCUT2D eigenvalue weighted by Crippen LogP contribution is 2.17. The maximum Gasteiger partial charge on any atom is 0.272 e. The first-order chi connectivity index (χ1) is 9.35. The van der Waals surface area contributed by atoms with Gasteiger partial charge in [-0.15, -0.1) is 0 Å². The van der Waals surface area contributed by atoms with Crippen molar-refractivity contribution in [2.75, 3.05) is 32.7 Å². The van der Waals surface area contributed by atoms with Crippen molar-refractivity contribution in [2.45, 2.75) is 26.3 Å². The minimum Gasteiger partial charge on any atom is -0.335 e. The number of rotatable bonds is 3. The molecule has 1 amide bonds. The Kier molecular flexibility index (Phi) is 4.15. The lowest BCUT2D eigenvalue weighted by Gasteiger charge is -2.43. The first-order valence-electron chi connectivity index (χ1n) is 7.10. The number of hydrogen-bond donors (Lipinski definition) is 1. The van der Waals surface area contributed by atoms with E-state index >= 15 is 0 Å². The molecule has 0 radical (unpaired) electrons. The summed E-state index contributed by atoms with van der Waals surface area (Å²) in [5, 5.41) is 4.24. The zero-order chi connectivity index (χ0) is 14.9. The van der Waals surface area contributed by atoms with Crippen molar-refractivity contribution in [1.29, 1.82) is 0 Å². The molecule has 1 fully saturated rings. The number of carbonyl (C=O) groups excluding carboxylic acids is 1. The Morgan fingerprint density at radius 3 is 2.40 bits per heavy atom. The summed E-state index contributed by atoms with van der Waals surface area (Å²) in [6.07, 6.45) is 0. The molecule has 112 valence electrons. The van der Waals surface area contributed by atoms with Gasteiger partial charge in [0.25, 0.3) is 5.91 Å². The second-order valence-electron chi connectivity index (χ2n) is 6.09. The third kappa shape index (κ3) is 2.86. The summed E-state index contributed by atoms with van der Waals surface area (Å²) in [7, 11) is 1.81. The van der Waals surface area contributed by atoms with Crippen LogP contribution >= 0.6 is 0 Å². The van der Waals surface area contributed by atoms with Crippen molar-refractivity contribution in [3.63, 3.8) is 0 Å². The smallest absolute Gasteiger partial charge is 0.272 e. The molecule has 1 saturated heterocycles. The molecule has 1 aliphatic rings. The molecule has 0 saturated carbocycles. The van der Waals surface area contributed by atoms with Crippen molar-refractivity contribution in [3.05, 3.63) is 17.5 Å². The van der Waals surface area contributed by atoms with Crippen molar-refractivity contribution in [1.82, 2.24) is 19.6 Å². The summed E-state index contributed by atoms with van der Waals surface area (Å²) >= 11 is 0. The minimum atomic E-state index is -0.00173. The Hall–Kier alpha value is -1.40. The van der Waals surface area contributed by atoms with Crippen LogP contribution < -0.4 is 5.73 Å². The zero-order valence-electron chi connectivity index (χ0n) is 12.9. The van der Waals surface area contributed by atoms with E-state index in [0.29, 0.717) is 12.2 Å². The molecule has 1 aromatic rings. The highest BCUT2D eigenvalue weighted by Gasteiger charge is 2.31. The lowest BCUT2D eigenvalue weighted by atomic mass is 10.0. The summed E-state index contributed by atoms with van der Waals surface area (Å²) in [6, 6.07) is 1.85. The summed E-state index contributed by atoms with van der Waals surface area (Å²) in [5.74, 6) is 0.0679. The Morgan fingerprint density at radius 1 is 1.35 bits per heavy atom.